The summed E-state index contributed by atoms with van der Waals surface area (Å²) in [6, 6.07) is 0.494. The number of aliphatic hydroxyl groups excluding tert-OH is 2. The maximum Gasteiger partial charge on any atom is 0.326 e. The highest BCUT2D eigenvalue weighted by molar-refractivity contribution is 5.94. The predicted octanol–water partition coefficient (Wildman–Crippen LogP) is -1.39. The minimum absolute atomic E-state index is 0.00664. The number of phenols is 1. The lowest BCUT2D eigenvalue weighted by atomic mass is 9.98. The number of phenolic OH excluding ortho intramolecular Hbond substituents is 1. The summed E-state index contributed by atoms with van der Waals surface area (Å²) in [7, 11) is 0. The Kier molecular flexibility index (Phi) is 11.6. The fourth-order valence-electron chi connectivity index (χ4n) is 3.15. The van der Waals surface area contributed by atoms with Gasteiger partial charge in [0.2, 0.25) is 17.7 Å². The van der Waals surface area contributed by atoms with Gasteiger partial charge in [-0.15, -0.1) is 0 Å². The lowest BCUT2D eigenvalue weighted by Crippen LogP contribution is -2.61. The van der Waals surface area contributed by atoms with Gasteiger partial charge in [0, 0.05) is 6.42 Å². The molecule has 12 nitrogen and oxygen atoms in total. The number of nitrogens with two attached hydrogens (primary N) is 1. The molecule has 0 saturated carbocycles. The van der Waals surface area contributed by atoms with Gasteiger partial charge in [-0.25, -0.2) is 4.79 Å². The summed E-state index contributed by atoms with van der Waals surface area (Å²) >= 11 is 0. The van der Waals surface area contributed by atoms with Crippen molar-refractivity contribution >= 4 is 23.7 Å². The number of hydrogen-bond acceptors (Lipinski definition) is 8. The lowest BCUT2D eigenvalue weighted by Gasteiger charge is -2.27. The quantitative estimate of drug-likeness (QED) is 0.161. The minimum atomic E-state index is -1.51. The van der Waals surface area contributed by atoms with Crippen LogP contribution in [0.4, 0.5) is 0 Å². The number of benzene rings is 1. The molecule has 0 aliphatic rings. The molecule has 0 saturated heterocycles. The topological polar surface area (TPSA) is 211 Å². The van der Waals surface area contributed by atoms with Gasteiger partial charge >= 0.3 is 5.97 Å². The summed E-state index contributed by atoms with van der Waals surface area (Å²) in [4.78, 5) is 49.9. The Labute approximate surface area is 203 Å². The Balaban J connectivity index is 3.17. The van der Waals surface area contributed by atoms with Crippen molar-refractivity contribution in [2.75, 3.05) is 0 Å². The molecule has 0 bridgehead atoms. The van der Waals surface area contributed by atoms with Crippen molar-refractivity contribution in [1.29, 1.82) is 0 Å². The number of rotatable bonds is 13. The predicted molar refractivity (Wildman–Crippen MR) is 126 cm³/mol. The van der Waals surface area contributed by atoms with E-state index in [1.807, 2.05) is 0 Å². The highest BCUT2D eigenvalue weighted by Gasteiger charge is 2.34. The molecular formula is C23H36N4O8. The number of aromatic hydroxyl groups is 1. The summed E-state index contributed by atoms with van der Waals surface area (Å²) in [5.74, 6) is -4.22. The van der Waals surface area contributed by atoms with Crippen molar-refractivity contribution in [1.82, 2.24) is 16.0 Å². The maximum absolute atomic E-state index is 13.1. The van der Waals surface area contributed by atoms with Gasteiger partial charge in [0.05, 0.1) is 12.2 Å². The van der Waals surface area contributed by atoms with E-state index in [4.69, 9.17) is 5.73 Å². The van der Waals surface area contributed by atoms with Crippen LogP contribution in [0.2, 0.25) is 0 Å². The Hall–Kier alpha value is -3.22. The third-order valence-corrected chi connectivity index (χ3v) is 5.67. The van der Waals surface area contributed by atoms with Gasteiger partial charge in [0.15, 0.2) is 0 Å². The van der Waals surface area contributed by atoms with E-state index in [9.17, 15) is 39.6 Å². The highest BCUT2D eigenvalue weighted by Crippen LogP contribution is 2.13. The smallest absolute Gasteiger partial charge is 0.326 e. The van der Waals surface area contributed by atoms with Crippen molar-refractivity contribution in [3.63, 3.8) is 0 Å². The molecule has 1 aromatic rings. The number of aliphatic carboxylic acids is 1. The normalized spacial score (nSPS) is 17.1. The van der Waals surface area contributed by atoms with Crippen LogP contribution in [0, 0.1) is 5.92 Å². The van der Waals surface area contributed by atoms with Crippen molar-refractivity contribution in [3.05, 3.63) is 29.8 Å². The van der Waals surface area contributed by atoms with Gasteiger partial charge in [-0.05, 0) is 37.5 Å². The van der Waals surface area contributed by atoms with Crippen LogP contribution in [0.25, 0.3) is 0 Å². The van der Waals surface area contributed by atoms with Crippen LogP contribution < -0.4 is 21.7 Å². The first kappa shape index (κ1) is 29.8. The van der Waals surface area contributed by atoms with Crippen LogP contribution in [0.3, 0.4) is 0 Å². The van der Waals surface area contributed by atoms with Crippen LogP contribution in [-0.2, 0) is 25.6 Å². The van der Waals surface area contributed by atoms with Crippen molar-refractivity contribution in [2.45, 2.75) is 76.9 Å². The first-order valence-electron chi connectivity index (χ1n) is 11.3. The van der Waals surface area contributed by atoms with E-state index in [0.717, 1.165) is 0 Å². The molecule has 1 aromatic carbocycles. The van der Waals surface area contributed by atoms with Crippen LogP contribution in [0.5, 0.6) is 5.75 Å². The second-order valence-corrected chi connectivity index (χ2v) is 8.64. The molecule has 1 rings (SSSR count). The molecule has 0 aromatic heterocycles. The van der Waals surface area contributed by atoms with Gasteiger partial charge in [0.25, 0.3) is 0 Å². The Morgan fingerprint density at radius 1 is 0.857 bits per heavy atom. The molecule has 0 spiro atoms. The van der Waals surface area contributed by atoms with E-state index >= 15 is 0 Å². The van der Waals surface area contributed by atoms with Crippen molar-refractivity contribution < 1.29 is 39.6 Å². The van der Waals surface area contributed by atoms with Gasteiger partial charge in [-0.3, -0.25) is 14.4 Å². The standard InChI is InChI=1S/C23H36N4O8/c1-5-11(2)18(23(34)35)26-20(31)16(10-14-6-8-15(30)9-7-14)25-22(33)19(13(4)29)27-21(32)17(24)12(3)28/h6-9,11-13,16-19,28-30H,5,10,24H2,1-4H3,(H,25,33)(H,26,31)(H,27,32)(H,34,35). The Morgan fingerprint density at radius 2 is 1.40 bits per heavy atom. The summed E-state index contributed by atoms with van der Waals surface area (Å²) in [6.45, 7) is 5.97. The monoisotopic (exact) mass is 496 g/mol. The largest absolute Gasteiger partial charge is 0.508 e. The number of aliphatic hydroxyl groups is 2. The first-order chi connectivity index (χ1) is 16.3. The molecule has 12 heteroatoms. The minimum Gasteiger partial charge on any atom is -0.508 e. The lowest BCUT2D eigenvalue weighted by molar-refractivity contribution is -0.144. The van der Waals surface area contributed by atoms with Gasteiger partial charge in [0.1, 0.15) is 29.9 Å². The average Bonchev–Trinajstić information content (AvgIpc) is 2.79. The fourth-order valence-corrected chi connectivity index (χ4v) is 3.15. The van der Waals surface area contributed by atoms with Crippen LogP contribution in [-0.4, -0.2) is 80.5 Å². The highest BCUT2D eigenvalue weighted by atomic mass is 16.4. The molecule has 196 valence electrons. The molecule has 0 heterocycles. The van der Waals surface area contributed by atoms with Crippen molar-refractivity contribution in [3.8, 4) is 5.75 Å². The zero-order valence-corrected chi connectivity index (χ0v) is 20.3. The van der Waals surface area contributed by atoms with E-state index in [1.54, 1.807) is 13.8 Å². The number of carboxylic acid groups (broad SMARTS) is 1. The number of carbonyl (C=O) groups excluding carboxylic acids is 3. The molecular weight excluding hydrogens is 460 g/mol. The van der Waals surface area contributed by atoms with Crippen LogP contribution >= 0.6 is 0 Å². The van der Waals surface area contributed by atoms with E-state index in [2.05, 4.69) is 16.0 Å². The molecule has 3 amide bonds. The summed E-state index contributed by atoms with van der Waals surface area (Å²) in [6.07, 6.45) is -2.19. The molecule has 0 aliphatic carbocycles. The molecule has 7 unspecified atom stereocenters. The first-order valence-corrected chi connectivity index (χ1v) is 11.3. The average molecular weight is 497 g/mol. The fraction of sp³-hybridized carbons (Fsp3) is 0.565. The van der Waals surface area contributed by atoms with Gasteiger partial charge in [-0.2, -0.15) is 0 Å². The maximum atomic E-state index is 13.1. The van der Waals surface area contributed by atoms with E-state index in [-0.39, 0.29) is 12.2 Å². The van der Waals surface area contributed by atoms with E-state index < -0.39 is 66.0 Å². The molecule has 0 radical (unpaired) electrons. The van der Waals surface area contributed by atoms with Gasteiger partial charge in [-0.1, -0.05) is 32.4 Å². The SMILES string of the molecule is CCC(C)C(NC(=O)C(Cc1ccc(O)cc1)NC(=O)C(NC(=O)C(N)C(C)O)C(C)O)C(=O)O. The van der Waals surface area contributed by atoms with Crippen molar-refractivity contribution in [2.24, 2.45) is 11.7 Å². The number of hydrogen-bond donors (Lipinski definition) is 8. The van der Waals surface area contributed by atoms with Gasteiger partial charge < -0.3 is 42.1 Å². The number of nitrogens with one attached hydrogen (secondary N) is 3. The number of amides is 3. The summed E-state index contributed by atoms with van der Waals surface area (Å²) < 4.78 is 0. The molecule has 9 N–H and O–H groups in total. The second-order valence-electron chi connectivity index (χ2n) is 8.64. The Morgan fingerprint density at radius 3 is 1.86 bits per heavy atom. The zero-order valence-electron chi connectivity index (χ0n) is 20.3. The number of carboxylic acids is 1. The third kappa shape index (κ3) is 9.15. The van der Waals surface area contributed by atoms with Crippen LogP contribution in [0.1, 0.15) is 39.7 Å². The molecule has 0 fully saturated rings. The molecule has 7 atom stereocenters. The molecule has 0 aliphatic heterocycles. The van der Waals surface area contributed by atoms with E-state index in [1.165, 1.54) is 38.1 Å². The zero-order chi connectivity index (χ0) is 26.9. The number of carbonyl (C=O) groups is 4. The van der Waals surface area contributed by atoms with E-state index in [0.29, 0.717) is 12.0 Å². The summed E-state index contributed by atoms with van der Waals surface area (Å²) in [5.41, 5.74) is 6.13. The third-order valence-electron chi connectivity index (χ3n) is 5.67. The summed E-state index contributed by atoms with van der Waals surface area (Å²) in [5, 5.41) is 45.7. The Bertz CT molecular complexity index is 875. The second kappa shape index (κ2) is 13.6. The molecule has 35 heavy (non-hydrogen) atoms. The van der Waals surface area contributed by atoms with Crippen LogP contribution in [0.15, 0.2) is 24.3 Å².